The third-order valence-corrected chi connectivity index (χ3v) is 3.87. The molecule has 110 valence electrons. The van der Waals surface area contributed by atoms with Gasteiger partial charge >= 0.3 is 0 Å². The van der Waals surface area contributed by atoms with Crippen molar-refractivity contribution in [2.24, 2.45) is 0 Å². The molecule has 2 aromatic rings. The van der Waals surface area contributed by atoms with Gasteiger partial charge in [-0.25, -0.2) is 0 Å². The zero-order valence-electron chi connectivity index (χ0n) is 12.3. The Kier molecular flexibility index (Phi) is 4.86. The van der Waals surface area contributed by atoms with Gasteiger partial charge in [0.05, 0.1) is 10.6 Å². The Hall–Kier alpha value is -2.00. The monoisotopic (exact) mass is 302 g/mol. The van der Waals surface area contributed by atoms with E-state index >= 15 is 0 Å². The third kappa shape index (κ3) is 3.37. The zero-order chi connectivity index (χ0) is 15.4. The molecular formula is C17H19ClN2O. The molecule has 3 nitrogen and oxygen atoms in total. The first-order valence-corrected chi connectivity index (χ1v) is 7.30. The number of rotatable bonds is 4. The summed E-state index contributed by atoms with van der Waals surface area (Å²) in [4.78, 5) is 14.4. The SMILES string of the molecule is CCN(Cc1ccccc1C)C(=O)c1c(N)cccc1Cl. The van der Waals surface area contributed by atoms with Gasteiger partial charge in [0.15, 0.2) is 0 Å². The van der Waals surface area contributed by atoms with E-state index in [4.69, 9.17) is 17.3 Å². The first kappa shape index (κ1) is 15.4. The molecule has 0 unspecified atom stereocenters. The second-order valence-electron chi connectivity index (χ2n) is 4.95. The van der Waals surface area contributed by atoms with Crippen LogP contribution in [-0.4, -0.2) is 17.4 Å². The summed E-state index contributed by atoms with van der Waals surface area (Å²) in [6.45, 7) is 5.13. The second kappa shape index (κ2) is 6.64. The summed E-state index contributed by atoms with van der Waals surface area (Å²) in [6, 6.07) is 13.2. The molecular weight excluding hydrogens is 284 g/mol. The van der Waals surface area contributed by atoms with Crippen molar-refractivity contribution in [3.8, 4) is 0 Å². The maximum Gasteiger partial charge on any atom is 0.257 e. The highest BCUT2D eigenvalue weighted by molar-refractivity contribution is 6.34. The number of nitrogens with zero attached hydrogens (tertiary/aromatic N) is 1. The van der Waals surface area contributed by atoms with E-state index in [0.717, 1.165) is 11.1 Å². The fourth-order valence-electron chi connectivity index (χ4n) is 2.24. The molecule has 2 N–H and O–H groups in total. The fourth-order valence-corrected chi connectivity index (χ4v) is 2.51. The van der Waals surface area contributed by atoms with Crippen LogP contribution in [0.5, 0.6) is 0 Å². The van der Waals surface area contributed by atoms with E-state index in [0.29, 0.717) is 29.4 Å². The fraction of sp³-hybridized carbons (Fsp3) is 0.235. The van der Waals surface area contributed by atoms with Gasteiger partial charge in [-0.1, -0.05) is 41.9 Å². The molecule has 4 heteroatoms. The normalized spacial score (nSPS) is 10.4. The first-order chi connectivity index (χ1) is 10.0. The number of carbonyl (C=O) groups is 1. The molecule has 0 saturated heterocycles. The Labute approximate surface area is 130 Å². The Morgan fingerprint density at radius 3 is 2.52 bits per heavy atom. The molecule has 0 bridgehead atoms. The van der Waals surface area contributed by atoms with Crippen molar-refractivity contribution in [2.45, 2.75) is 20.4 Å². The van der Waals surface area contributed by atoms with E-state index in [9.17, 15) is 4.79 Å². The number of nitrogen functional groups attached to an aromatic ring is 1. The lowest BCUT2D eigenvalue weighted by atomic mass is 10.1. The zero-order valence-corrected chi connectivity index (χ0v) is 13.0. The minimum Gasteiger partial charge on any atom is -0.398 e. The van der Waals surface area contributed by atoms with Crippen LogP contribution in [0.25, 0.3) is 0 Å². The Balaban J connectivity index is 2.30. The van der Waals surface area contributed by atoms with Gasteiger partial charge in [0.1, 0.15) is 0 Å². The molecule has 0 aromatic heterocycles. The Bertz CT molecular complexity index is 635. The van der Waals surface area contributed by atoms with Gasteiger partial charge in [0.2, 0.25) is 0 Å². The Morgan fingerprint density at radius 2 is 1.90 bits per heavy atom. The van der Waals surface area contributed by atoms with E-state index in [1.807, 2.05) is 38.1 Å². The van der Waals surface area contributed by atoms with Gasteiger partial charge in [-0.2, -0.15) is 0 Å². The highest BCUT2D eigenvalue weighted by Gasteiger charge is 2.20. The van der Waals surface area contributed by atoms with Crippen molar-refractivity contribution < 1.29 is 4.79 Å². The van der Waals surface area contributed by atoms with Crippen LogP contribution in [0.3, 0.4) is 0 Å². The van der Waals surface area contributed by atoms with E-state index in [1.54, 1.807) is 23.1 Å². The third-order valence-electron chi connectivity index (χ3n) is 3.55. The van der Waals surface area contributed by atoms with Gasteiger partial charge in [-0.15, -0.1) is 0 Å². The van der Waals surface area contributed by atoms with E-state index in [2.05, 4.69) is 0 Å². The van der Waals surface area contributed by atoms with Crippen molar-refractivity contribution in [1.29, 1.82) is 0 Å². The number of halogens is 1. The number of anilines is 1. The molecule has 0 aliphatic heterocycles. The smallest absolute Gasteiger partial charge is 0.257 e. The summed E-state index contributed by atoms with van der Waals surface area (Å²) in [5, 5.41) is 0.392. The molecule has 0 fully saturated rings. The maximum atomic E-state index is 12.7. The average molecular weight is 303 g/mol. The number of benzene rings is 2. The van der Waals surface area contributed by atoms with Gasteiger partial charge in [-0.3, -0.25) is 4.79 Å². The lowest BCUT2D eigenvalue weighted by Gasteiger charge is -2.23. The largest absolute Gasteiger partial charge is 0.398 e. The minimum atomic E-state index is -0.135. The maximum absolute atomic E-state index is 12.7. The first-order valence-electron chi connectivity index (χ1n) is 6.92. The van der Waals surface area contributed by atoms with E-state index in [1.165, 1.54) is 0 Å². The molecule has 2 rings (SSSR count). The van der Waals surface area contributed by atoms with E-state index < -0.39 is 0 Å². The molecule has 1 amide bonds. The van der Waals surface area contributed by atoms with Crippen LogP contribution in [0.2, 0.25) is 5.02 Å². The highest BCUT2D eigenvalue weighted by Crippen LogP contribution is 2.24. The summed E-state index contributed by atoms with van der Waals surface area (Å²) < 4.78 is 0. The molecule has 0 atom stereocenters. The average Bonchev–Trinajstić information content (AvgIpc) is 2.46. The molecule has 0 aliphatic rings. The topological polar surface area (TPSA) is 46.3 Å². The standard InChI is InChI=1S/C17H19ClN2O/c1-3-20(11-13-8-5-4-7-12(13)2)17(21)16-14(18)9-6-10-15(16)19/h4-10H,3,11,19H2,1-2H3. The summed E-state index contributed by atoms with van der Waals surface area (Å²) in [6.07, 6.45) is 0. The van der Waals surface area contributed by atoms with Crippen molar-refractivity contribution >= 4 is 23.2 Å². The van der Waals surface area contributed by atoms with Gasteiger partial charge in [0.25, 0.3) is 5.91 Å². The summed E-state index contributed by atoms with van der Waals surface area (Å²) in [5.41, 5.74) is 8.99. The van der Waals surface area contributed by atoms with Crippen LogP contribution >= 0.6 is 11.6 Å². The van der Waals surface area contributed by atoms with Crippen molar-refractivity contribution in [3.63, 3.8) is 0 Å². The molecule has 21 heavy (non-hydrogen) atoms. The van der Waals surface area contributed by atoms with Crippen LogP contribution in [0, 0.1) is 6.92 Å². The van der Waals surface area contributed by atoms with Crippen LogP contribution in [0.15, 0.2) is 42.5 Å². The predicted molar refractivity (Wildman–Crippen MR) is 87.5 cm³/mol. The number of hydrogen-bond acceptors (Lipinski definition) is 2. The minimum absolute atomic E-state index is 0.135. The predicted octanol–water partition coefficient (Wildman–Crippen LogP) is 3.89. The molecule has 0 heterocycles. The van der Waals surface area contributed by atoms with Crippen LogP contribution in [0.1, 0.15) is 28.4 Å². The van der Waals surface area contributed by atoms with Gasteiger partial charge < -0.3 is 10.6 Å². The molecule has 0 saturated carbocycles. The van der Waals surface area contributed by atoms with Gasteiger partial charge in [-0.05, 0) is 37.1 Å². The lowest BCUT2D eigenvalue weighted by Crippen LogP contribution is -2.31. The summed E-state index contributed by atoms with van der Waals surface area (Å²) in [5.74, 6) is -0.135. The number of nitrogens with two attached hydrogens (primary N) is 1. The number of amides is 1. The quantitative estimate of drug-likeness (QED) is 0.871. The Morgan fingerprint density at radius 1 is 1.19 bits per heavy atom. The number of carbonyl (C=O) groups excluding carboxylic acids is 1. The van der Waals surface area contributed by atoms with Crippen molar-refractivity contribution in [3.05, 3.63) is 64.2 Å². The summed E-state index contributed by atoms with van der Waals surface area (Å²) >= 11 is 6.13. The van der Waals surface area contributed by atoms with Crippen molar-refractivity contribution in [2.75, 3.05) is 12.3 Å². The molecule has 2 aromatic carbocycles. The van der Waals surface area contributed by atoms with Crippen LogP contribution in [0.4, 0.5) is 5.69 Å². The highest BCUT2D eigenvalue weighted by atomic mass is 35.5. The summed E-state index contributed by atoms with van der Waals surface area (Å²) in [7, 11) is 0. The molecule has 0 aliphatic carbocycles. The second-order valence-corrected chi connectivity index (χ2v) is 5.36. The molecule has 0 spiro atoms. The van der Waals surface area contributed by atoms with Crippen LogP contribution in [-0.2, 0) is 6.54 Å². The van der Waals surface area contributed by atoms with Gasteiger partial charge in [0, 0.05) is 18.8 Å². The van der Waals surface area contributed by atoms with Crippen molar-refractivity contribution in [1.82, 2.24) is 4.90 Å². The van der Waals surface area contributed by atoms with Crippen LogP contribution < -0.4 is 5.73 Å². The molecule has 0 radical (unpaired) electrons. The number of aryl methyl sites for hydroxylation is 1. The van der Waals surface area contributed by atoms with E-state index in [-0.39, 0.29) is 5.91 Å². The number of hydrogen-bond donors (Lipinski definition) is 1. The lowest BCUT2D eigenvalue weighted by molar-refractivity contribution is 0.0753.